The molecule has 1 aromatic heterocycles. The second kappa shape index (κ2) is 7.28. The summed E-state index contributed by atoms with van der Waals surface area (Å²) < 4.78 is 5.13. The van der Waals surface area contributed by atoms with Crippen LogP contribution in [-0.2, 0) is 4.74 Å². The average molecular weight is 367 g/mol. The average Bonchev–Trinajstić information content (AvgIpc) is 3.00. The van der Waals surface area contributed by atoms with Gasteiger partial charge in [0.2, 0.25) is 5.78 Å². The number of nitrogens with zero attached hydrogens (tertiary/aromatic N) is 1. The van der Waals surface area contributed by atoms with Gasteiger partial charge in [0.1, 0.15) is 0 Å². The Morgan fingerprint density at radius 2 is 1.96 bits per heavy atom. The van der Waals surface area contributed by atoms with E-state index in [0.29, 0.717) is 16.9 Å². The summed E-state index contributed by atoms with van der Waals surface area (Å²) in [5.41, 5.74) is 2.10. The Morgan fingerprint density at radius 1 is 1.22 bits per heavy atom. The molecule has 0 fully saturated rings. The van der Waals surface area contributed by atoms with Gasteiger partial charge >= 0.3 is 5.97 Å². The van der Waals surface area contributed by atoms with Gasteiger partial charge < -0.3 is 15.0 Å². The van der Waals surface area contributed by atoms with Gasteiger partial charge in [-0.05, 0) is 19.1 Å². The van der Waals surface area contributed by atoms with E-state index >= 15 is 0 Å². The molecule has 3 rings (SSSR count). The largest absolute Gasteiger partial charge is 0.454 e. The third-order valence-corrected chi connectivity index (χ3v) is 4.21. The number of nitro groups is 1. The maximum Gasteiger partial charge on any atom is 0.340 e. The first-order valence-corrected chi connectivity index (χ1v) is 8.16. The number of aryl methyl sites for hydroxylation is 1. The number of anilines is 1. The van der Waals surface area contributed by atoms with Gasteiger partial charge in [-0.2, -0.15) is 0 Å². The number of esters is 1. The van der Waals surface area contributed by atoms with E-state index in [2.05, 4.69) is 10.3 Å². The van der Waals surface area contributed by atoms with E-state index in [-0.39, 0.29) is 17.0 Å². The fourth-order valence-corrected chi connectivity index (χ4v) is 2.95. The third-order valence-electron chi connectivity index (χ3n) is 4.21. The van der Waals surface area contributed by atoms with E-state index in [9.17, 15) is 19.7 Å². The summed E-state index contributed by atoms with van der Waals surface area (Å²) in [6.45, 7) is 1.31. The van der Waals surface area contributed by atoms with Crippen LogP contribution in [-0.4, -0.2) is 35.3 Å². The number of rotatable bonds is 6. The van der Waals surface area contributed by atoms with Gasteiger partial charge in [-0.1, -0.05) is 18.2 Å². The zero-order chi connectivity index (χ0) is 19.6. The van der Waals surface area contributed by atoms with Crippen molar-refractivity contribution in [3.63, 3.8) is 0 Å². The SMILES string of the molecule is CNc1ccc([N+](=O)[O-])cc1C(=O)OCC(=O)c1c(C)[nH]c2ccccc12. The Bertz CT molecular complexity index is 1050. The molecule has 0 saturated heterocycles. The van der Waals surface area contributed by atoms with Crippen molar-refractivity contribution in [3.8, 4) is 0 Å². The molecule has 8 nitrogen and oxygen atoms in total. The lowest BCUT2D eigenvalue weighted by Crippen LogP contribution is -2.16. The third kappa shape index (κ3) is 3.50. The topological polar surface area (TPSA) is 114 Å². The molecule has 2 N–H and O–H groups in total. The second-order valence-electron chi connectivity index (χ2n) is 5.91. The Labute approximate surface area is 154 Å². The minimum Gasteiger partial charge on any atom is -0.454 e. The van der Waals surface area contributed by atoms with Crippen LogP contribution in [0.3, 0.4) is 0 Å². The second-order valence-corrected chi connectivity index (χ2v) is 5.91. The highest BCUT2D eigenvalue weighted by molar-refractivity contribution is 6.10. The number of benzene rings is 2. The van der Waals surface area contributed by atoms with Gasteiger partial charge in [-0.3, -0.25) is 14.9 Å². The summed E-state index contributed by atoms with van der Waals surface area (Å²) in [6.07, 6.45) is 0. The molecule has 1 heterocycles. The molecular formula is C19H17N3O5. The minimum absolute atomic E-state index is 0.00449. The number of nitrogens with one attached hydrogen (secondary N) is 2. The molecule has 3 aromatic rings. The number of ketones is 1. The van der Waals surface area contributed by atoms with E-state index < -0.39 is 17.5 Å². The molecule has 27 heavy (non-hydrogen) atoms. The van der Waals surface area contributed by atoms with E-state index in [1.807, 2.05) is 24.3 Å². The number of aromatic nitrogens is 1. The maximum absolute atomic E-state index is 12.6. The molecule has 0 bridgehead atoms. The maximum atomic E-state index is 12.6. The van der Waals surface area contributed by atoms with Crippen molar-refractivity contribution >= 4 is 34.0 Å². The van der Waals surface area contributed by atoms with Gasteiger partial charge in [-0.15, -0.1) is 0 Å². The van der Waals surface area contributed by atoms with Crippen LogP contribution in [0.1, 0.15) is 26.4 Å². The molecule has 138 valence electrons. The molecule has 0 spiro atoms. The number of carbonyl (C=O) groups is 2. The lowest BCUT2D eigenvalue weighted by Gasteiger charge is -2.09. The van der Waals surface area contributed by atoms with Crippen LogP contribution in [0.15, 0.2) is 42.5 Å². The Kier molecular flexibility index (Phi) is 4.89. The summed E-state index contributed by atoms with van der Waals surface area (Å²) in [4.78, 5) is 38.4. The molecule has 0 aliphatic heterocycles. The molecule has 8 heteroatoms. The van der Waals surface area contributed by atoms with Gasteiger partial charge in [-0.25, -0.2) is 4.79 Å². The van der Waals surface area contributed by atoms with Crippen molar-refractivity contribution in [3.05, 3.63) is 69.4 Å². The molecule has 0 amide bonds. The highest BCUT2D eigenvalue weighted by atomic mass is 16.6. The van der Waals surface area contributed by atoms with E-state index in [1.165, 1.54) is 12.1 Å². The number of hydrogen-bond acceptors (Lipinski definition) is 6. The summed E-state index contributed by atoms with van der Waals surface area (Å²) in [5, 5.41) is 14.5. The van der Waals surface area contributed by atoms with E-state index in [1.54, 1.807) is 14.0 Å². The van der Waals surface area contributed by atoms with Crippen LogP contribution in [0.2, 0.25) is 0 Å². The van der Waals surface area contributed by atoms with Crippen LogP contribution < -0.4 is 5.32 Å². The Hall–Kier alpha value is -3.68. The van der Waals surface area contributed by atoms with Crippen molar-refractivity contribution in [1.82, 2.24) is 4.98 Å². The molecule has 0 atom stereocenters. The van der Waals surface area contributed by atoms with Crippen molar-refractivity contribution < 1.29 is 19.2 Å². The molecule has 2 aromatic carbocycles. The molecule has 0 saturated carbocycles. The summed E-state index contributed by atoms with van der Waals surface area (Å²) in [6, 6.07) is 11.2. The summed E-state index contributed by atoms with van der Waals surface area (Å²) in [5.74, 6) is -1.16. The number of non-ortho nitro benzene ring substituents is 1. The van der Waals surface area contributed by atoms with Crippen molar-refractivity contribution in [2.45, 2.75) is 6.92 Å². The first-order valence-electron chi connectivity index (χ1n) is 8.16. The number of Topliss-reactive ketones (excluding diaryl/α,β-unsaturated/α-hetero) is 1. The van der Waals surface area contributed by atoms with E-state index in [0.717, 1.165) is 17.0 Å². The smallest absolute Gasteiger partial charge is 0.340 e. The number of carbonyl (C=O) groups excluding carboxylic acids is 2. The zero-order valence-electron chi connectivity index (χ0n) is 14.7. The highest BCUT2D eigenvalue weighted by Crippen LogP contribution is 2.24. The van der Waals surface area contributed by atoms with Crippen LogP contribution in [0.5, 0.6) is 0 Å². The normalized spacial score (nSPS) is 10.6. The molecule has 0 unspecified atom stereocenters. The standard InChI is InChI=1S/C19H17N3O5/c1-11-18(13-5-3-4-6-16(13)21-11)17(23)10-27-19(24)14-9-12(22(25)26)7-8-15(14)20-2/h3-9,20-21H,10H2,1-2H3. The fraction of sp³-hybridized carbons (Fsp3) is 0.158. The number of nitro benzene ring substituents is 1. The van der Waals surface area contributed by atoms with Crippen molar-refractivity contribution in [2.75, 3.05) is 19.0 Å². The quantitative estimate of drug-likeness (QED) is 0.298. The highest BCUT2D eigenvalue weighted by Gasteiger charge is 2.21. The van der Waals surface area contributed by atoms with E-state index in [4.69, 9.17) is 4.74 Å². The lowest BCUT2D eigenvalue weighted by atomic mass is 10.1. The predicted octanol–water partition coefficient (Wildman–Crippen LogP) is 3.47. The van der Waals surface area contributed by atoms with Crippen LogP contribution >= 0.6 is 0 Å². The van der Waals surface area contributed by atoms with Crippen molar-refractivity contribution in [1.29, 1.82) is 0 Å². The number of H-pyrrole nitrogens is 1. The monoisotopic (exact) mass is 367 g/mol. The van der Waals surface area contributed by atoms with Crippen LogP contribution in [0, 0.1) is 17.0 Å². The first kappa shape index (κ1) is 18.1. The first-order chi connectivity index (χ1) is 12.9. The molecule has 0 aliphatic carbocycles. The lowest BCUT2D eigenvalue weighted by molar-refractivity contribution is -0.384. The van der Waals surface area contributed by atoms with Gasteiger partial charge in [0.05, 0.1) is 10.5 Å². The van der Waals surface area contributed by atoms with Gasteiger partial charge in [0.25, 0.3) is 5.69 Å². The summed E-state index contributed by atoms with van der Waals surface area (Å²) in [7, 11) is 1.58. The minimum atomic E-state index is -0.811. The molecule has 0 aliphatic rings. The number of hydrogen-bond donors (Lipinski definition) is 2. The van der Waals surface area contributed by atoms with Crippen LogP contribution in [0.4, 0.5) is 11.4 Å². The van der Waals surface area contributed by atoms with Crippen LogP contribution in [0.25, 0.3) is 10.9 Å². The number of aromatic amines is 1. The number of ether oxygens (including phenoxy) is 1. The molecular weight excluding hydrogens is 350 g/mol. The number of para-hydroxylation sites is 1. The van der Waals surface area contributed by atoms with Gasteiger partial charge in [0, 0.05) is 47.0 Å². The number of fused-ring (bicyclic) bond motifs is 1. The van der Waals surface area contributed by atoms with Crippen molar-refractivity contribution in [2.24, 2.45) is 0 Å². The zero-order valence-corrected chi connectivity index (χ0v) is 14.7. The van der Waals surface area contributed by atoms with Gasteiger partial charge in [0.15, 0.2) is 6.61 Å². The Balaban J connectivity index is 1.81. The predicted molar refractivity (Wildman–Crippen MR) is 100 cm³/mol. The Morgan fingerprint density at radius 3 is 2.67 bits per heavy atom. The molecule has 0 radical (unpaired) electrons. The summed E-state index contributed by atoms with van der Waals surface area (Å²) >= 11 is 0. The fourth-order valence-electron chi connectivity index (χ4n) is 2.95.